The minimum Gasteiger partial charge on any atom is -0.495 e. The highest BCUT2D eigenvalue weighted by Gasteiger charge is 2.32. The minimum atomic E-state index is -2.80. The van der Waals surface area contributed by atoms with E-state index in [2.05, 4.69) is 35.6 Å². The predicted octanol–water partition coefficient (Wildman–Crippen LogP) is 2.33. The molecule has 3 rings (SSSR count). The Bertz CT molecular complexity index is 928. The SMILES string of the molecule is COc1cc(C(=O)N2CCN(C(C)(C)c3ccccc3)CC2)ccc1N[SH](=O)=O. The summed E-state index contributed by atoms with van der Waals surface area (Å²) in [5.41, 5.74) is 1.94. The van der Waals surface area contributed by atoms with Gasteiger partial charge in [-0.05, 0) is 37.6 Å². The zero-order valence-electron chi connectivity index (χ0n) is 16.9. The molecule has 2 aromatic carbocycles. The van der Waals surface area contributed by atoms with Crippen molar-refractivity contribution in [2.24, 2.45) is 0 Å². The zero-order valence-corrected chi connectivity index (χ0v) is 17.8. The van der Waals surface area contributed by atoms with Crippen molar-refractivity contribution in [3.63, 3.8) is 0 Å². The average Bonchev–Trinajstić information content (AvgIpc) is 2.74. The Kier molecular flexibility index (Phi) is 6.44. The molecule has 1 saturated heterocycles. The van der Waals surface area contributed by atoms with Gasteiger partial charge in [-0.2, -0.15) is 0 Å². The molecule has 0 bridgehead atoms. The monoisotopic (exact) mass is 417 g/mol. The van der Waals surface area contributed by atoms with Crippen molar-refractivity contribution in [2.45, 2.75) is 19.4 Å². The van der Waals surface area contributed by atoms with Crippen molar-refractivity contribution in [3.05, 3.63) is 59.7 Å². The molecular weight excluding hydrogens is 390 g/mol. The van der Waals surface area contributed by atoms with Crippen LogP contribution in [0.3, 0.4) is 0 Å². The lowest BCUT2D eigenvalue weighted by Crippen LogP contribution is -2.54. The number of nitrogens with zero attached hydrogens (tertiary/aromatic N) is 2. The third kappa shape index (κ3) is 4.71. The summed E-state index contributed by atoms with van der Waals surface area (Å²) in [5.74, 6) is 0.234. The van der Waals surface area contributed by atoms with E-state index in [1.807, 2.05) is 23.1 Å². The number of rotatable bonds is 6. The molecule has 0 saturated carbocycles. The van der Waals surface area contributed by atoms with E-state index in [-0.39, 0.29) is 11.4 Å². The molecule has 8 heteroatoms. The normalized spacial score (nSPS) is 15.4. The Hall–Kier alpha value is -2.58. The molecule has 0 aromatic heterocycles. The molecule has 29 heavy (non-hydrogen) atoms. The molecule has 0 spiro atoms. The predicted molar refractivity (Wildman–Crippen MR) is 114 cm³/mol. The molecule has 156 valence electrons. The Balaban J connectivity index is 1.69. The van der Waals surface area contributed by atoms with Crippen LogP contribution in [0.1, 0.15) is 29.8 Å². The van der Waals surface area contributed by atoms with Crippen molar-refractivity contribution < 1.29 is 17.9 Å². The summed E-state index contributed by atoms with van der Waals surface area (Å²) >= 11 is 0. The Labute approximate surface area is 173 Å². The van der Waals surface area contributed by atoms with Crippen LogP contribution in [0.5, 0.6) is 5.75 Å². The van der Waals surface area contributed by atoms with E-state index in [1.54, 1.807) is 18.2 Å². The molecule has 1 N–H and O–H groups in total. The summed E-state index contributed by atoms with van der Waals surface area (Å²) in [4.78, 5) is 17.2. The van der Waals surface area contributed by atoms with Crippen LogP contribution < -0.4 is 9.46 Å². The Morgan fingerprint density at radius 2 is 1.69 bits per heavy atom. The van der Waals surface area contributed by atoms with Crippen molar-refractivity contribution in [1.82, 2.24) is 9.80 Å². The maximum atomic E-state index is 12.9. The smallest absolute Gasteiger partial charge is 0.254 e. The van der Waals surface area contributed by atoms with Gasteiger partial charge in [-0.3, -0.25) is 14.4 Å². The summed E-state index contributed by atoms with van der Waals surface area (Å²) in [6.07, 6.45) is 0. The molecule has 0 aliphatic carbocycles. The maximum Gasteiger partial charge on any atom is 0.254 e. The van der Waals surface area contributed by atoms with E-state index in [9.17, 15) is 13.2 Å². The maximum absolute atomic E-state index is 12.9. The van der Waals surface area contributed by atoms with Crippen LogP contribution in [-0.2, 0) is 16.4 Å². The van der Waals surface area contributed by atoms with Crippen LogP contribution in [0.15, 0.2) is 48.5 Å². The van der Waals surface area contributed by atoms with Crippen molar-refractivity contribution in [3.8, 4) is 5.75 Å². The minimum absolute atomic E-state index is 0.0847. The van der Waals surface area contributed by atoms with E-state index in [0.717, 1.165) is 13.1 Å². The summed E-state index contributed by atoms with van der Waals surface area (Å²) < 4.78 is 29.3. The Morgan fingerprint density at radius 3 is 2.28 bits per heavy atom. The van der Waals surface area contributed by atoms with E-state index >= 15 is 0 Å². The van der Waals surface area contributed by atoms with E-state index in [4.69, 9.17) is 4.74 Å². The fraction of sp³-hybridized carbons (Fsp3) is 0.381. The summed E-state index contributed by atoms with van der Waals surface area (Å²) in [6.45, 7) is 7.23. The van der Waals surface area contributed by atoms with Gasteiger partial charge in [-0.1, -0.05) is 30.3 Å². The van der Waals surface area contributed by atoms with Gasteiger partial charge in [-0.25, -0.2) is 8.42 Å². The highest BCUT2D eigenvalue weighted by Crippen LogP contribution is 2.30. The number of methoxy groups -OCH3 is 1. The number of carbonyl (C=O) groups is 1. The van der Waals surface area contributed by atoms with Crippen molar-refractivity contribution in [2.75, 3.05) is 38.0 Å². The second-order valence-corrected chi connectivity index (χ2v) is 8.23. The second kappa shape index (κ2) is 8.84. The van der Waals surface area contributed by atoms with Gasteiger partial charge in [0.2, 0.25) is 10.9 Å². The zero-order chi connectivity index (χ0) is 21.0. The van der Waals surface area contributed by atoms with Gasteiger partial charge in [0.15, 0.2) is 0 Å². The quantitative estimate of drug-likeness (QED) is 0.706. The first-order valence-electron chi connectivity index (χ1n) is 9.52. The van der Waals surface area contributed by atoms with Gasteiger partial charge >= 0.3 is 0 Å². The van der Waals surface area contributed by atoms with Gasteiger partial charge in [-0.15, -0.1) is 0 Å². The number of nitrogens with one attached hydrogen (secondary N) is 1. The number of benzene rings is 2. The van der Waals surface area contributed by atoms with Gasteiger partial charge in [0.1, 0.15) is 5.75 Å². The van der Waals surface area contributed by atoms with Gasteiger partial charge in [0, 0.05) is 37.3 Å². The van der Waals surface area contributed by atoms with Gasteiger partial charge < -0.3 is 9.64 Å². The lowest BCUT2D eigenvalue weighted by atomic mass is 9.91. The highest BCUT2D eigenvalue weighted by molar-refractivity contribution is 7.73. The van der Waals surface area contributed by atoms with Crippen LogP contribution in [0.4, 0.5) is 5.69 Å². The largest absolute Gasteiger partial charge is 0.495 e. The second-order valence-electron chi connectivity index (χ2n) is 7.49. The van der Waals surface area contributed by atoms with Crippen molar-refractivity contribution in [1.29, 1.82) is 0 Å². The molecule has 0 unspecified atom stereocenters. The first-order chi connectivity index (χ1) is 13.8. The van der Waals surface area contributed by atoms with E-state index < -0.39 is 10.9 Å². The number of hydrogen-bond donors (Lipinski definition) is 2. The molecule has 0 radical (unpaired) electrons. The van der Waals surface area contributed by atoms with E-state index in [1.165, 1.54) is 12.7 Å². The summed E-state index contributed by atoms with van der Waals surface area (Å²) in [7, 11) is -1.36. The standard InChI is InChI=1S/C21H27N3O4S/c1-21(2,17-7-5-4-6-8-17)24-13-11-23(12-14-24)20(25)16-9-10-18(22-29(26)27)19(15-16)28-3/h4-10,15,29H,11-14H2,1-3H3,(H,22,26,27). The molecular formula is C21H27N3O4S. The van der Waals surface area contributed by atoms with E-state index in [0.29, 0.717) is 30.1 Å². The molecule has 2 aromatic rings. The average molecular weight is 418 g/mol. The molecule has 1 heterocycles. The number of carbonyl (C=O) groups excluding carboxylic acids is 1. The molecule has 0 atom stereocenters. The summed E-state index contributed by atoms with van der Waals surface area (Å²) in [5, 5.41) is 0. The number of ether oxygens (including phenoxy) is 1. The first-order valence-corrected chi connectivity index (χ1v) is 10.7. The summed E-state index contributed by atoms with van der Waals surface area (Å²) in [6, 6.07) is 15.1. The van der Waals surface area contributed by atoms with Gasteiger partial charge in [0.25, 0.3) is 5.91 Å². The number of anilines is 1. The van der Waals surface area contributed by atoms with Crippen LogP contribution in [0, 0.1) is 0 Å². The highest BCUT2D eigenvalue weighted by atomic mass is 32.2. The number of hydrogen-bond acceptors (Lipinski definition) is 5. The number of piperazine rings is 1. The first kappa shape index (κ1) is 21.1. The fourth-order valence-corrected chi connectivity index (χ4v) is 4.08. The number of thiol groups is 1. The number of amides is 1. The fourth-order valence-electron chi connectivity index (χ4n) is 3.69. The topological polar surface area (TPSA) is 79.0 Å². The Morgan fingerprint density at radius 1 is 1.03 bits per heavy atom. The molecule has 1 amide bonds. The van der Waals surface area contributed by atoms with Crippen LogP contribution in [0.2, 0.25) is 0 Å². The lowest BCUT2D eigenvalue weighted by molar-refractivity contribution is 0.0391. The van der Waals surface area contributed by atoms with Crippen LogP contribution >= 0.6 is 0 Å². The molecule has 1 fully saturated rings. The third-order valence-electron chi connectivity index (χ3n) is 5.50. The van der Waals surface area contributed by atoms with Crippen molar-refractivity contribution >= 4 is 22.5 Å². The van der Waals surface area contributed by atoms with Gasteiger partial charge in [0.05, 0.1) is 12.8 Å². The van der Waals surface area contributed by atoms with Crippen LogP contribution in [-0.4, -0.2) is 57.4 Å². The molecule has 1 aliphatic rings. The third-order valence-corrected chi connectivity index (χ3v) is 5.92. The van der Waals surface area contributed by atoms with Crippen LogP contribution in [0.25, 0.3) is 0 Å². The lowest BCUT2D eigenvalue weighted by Gasteiger charge is -2.44. The molecule has 1 aliphatic heterocycles. The molecule has 7 nitrogen and oxygen atoms in total.